The number of nitrogens with two attached hydrogens (primary N) is 2. The third-order valence-corrected chi connectivity index (χ3v) is 4.49. The molecule has 222 valence electrons. The highest BCUT2D eigenvalue weighted by molar-refractivity contribution is 6.72. The Balaban J connectivity index is -0.000000203. The second kappa shape index (κ2) is 27.0. The van der Waals surface area contributed by atoms with Crippen molar-refractivity contribution in [2.24, 2.45) is 17.4 Å². The number of nitrogens with one attached hydrogen (secondary N) is 2. The van der Waals surface area contributed by atoms with Crippen LogP contribution in [0.5, 0.6) is 0 Å². The predicted octanol–water partition coefficient (Wildman–Crippen LogP) is 2.52. The van der Waals surface area contributed by atoms with Gasteiger partial charge in [0.25, 0.3) is 0 Å². The largest absolute Gasteiger partial charge is 0.359 e. The van der Waals surface area contributed by atoms with Gasteiger partial charge >= 0.3 is 0 Å². The van der Waals surface area contributed by atoms with Gasteiger partial charge in [0.05, 0.1) is 6.42 Å². The van der Waals surface area contributed by atoms with Crippen LogP contribution >= 0.6 is 46.4 Å². The number of amides is 2. The smallest absolute Gasteiger partial charge is 0.230 e. The average Bonchev–Trinajstić information content (AvgIpc) is 2.79. The Hall–Kier alpha value is -1.63. The molecule has 0 saturated heterocycles. The Bertz CT molecular complexity index is 752. The van der Waals surface area contributed by atoms with Crippen LogP contribution in [0.25, 0.3) is 0 Å². The summed E-state index contributed by atoms with van der Waals surface area (Å²) in [6, 6.07) is 0.909. The highest BCUT2D eigenvalue weighted by atomic mass is 35.5. The average molecular weight is 627 g/mol. The molecular formula is C23H40Cl4N4O7. The molecule has 4 atom stereocenters. The van der Waals surface area contributed by atoms with Gasteiger partial charge in [0.15, 0.2) is 0 Å². The van der Waals surface area contributed by atoms with E-state index in [0.717, 1.165) is 19.3 Å². The minimum Gasteiger partial charge on any atom is -0.359 e. The second-order valence-corrected chi connectivity index (χ2v) is 9.92. The fraction of sp³-hybridized carbons (Fsp3) is 0.696. The summed E-state index contributed by atoms with van der Waals surface area (Å²) in [5, 5.41) is 3.08. The summed E-state index contributed by atoms with van der Waals surface area (Å²) < 4.78 is 6.31. The molecule has 0 bridgehead atoms. The molecule has 0 aromatic heterocycles. The molecule has 6 N–H and O–H groups in total. The van der Waals surface area contributed by atoms with Crippen molar-refractivity contribution in [2.75, 3.05) is 7.05 Å². The van der Waals surface area contributed by atoms with Crippen LogP contribution in [0.3, 0.4) is 0 Å². The summed E-state index contributed by atoms with van der Waals surface area (Å²) in [5.74, 6) is 0.0824. The van der Waals surface area contributed by atoms with Gasteiger partial charge in [0, 0.05) is 40.4 Å². The van der Waals surface area contributed by atoms with E-state index in [0.29, 0.717) is 18.0 Å². The van der Waals surface area contributed by atoms with Crippen LogP contribution in [-0.2, 0) is 33.6 Å². The van der Waals surface area contributed by atoms with E-state index in [-0.39, 0.29) is 53.9 Å². The lowest BCUT2D eigenvalue weighted by Crippen LogP contribution is -2.49. The number of ketones is 1. The van der Waals surface area contributed by atoms with Crippen molar-refractivity contribution in [2.45, 2.75) is 91.2 Å². The van der Waals surface area contributed by atoms with Crippen LogP contribution in [-0.4, -0.2) is 63.7 Å². The van der Waals surface area contributed by atoms with E-state index in [9.17, 15) is 33.6 Å². The minimum absolute atomic E-state index is 0.0558. The quantitative estimate of drug-likeness (QED) is 0.262. The first-order chi connectivity index (χ1) is 17.8. The van der Waals surface area contributed by atoms with Crippen molar-refractivity contribution in [1.29, 1.82) is 0 Å². The maximum absolute atomic E-state index is 11.2. The first kappa shape index (κ1) is 40.9. The predicted molar refractivity (Wildman–Crippen MR) is 150 cm³/mol. The number of carbonyl (C=O) groups is 7. The molecule has 2 saturated carbocycles. The zero-order valence-corrected chi connectivity index (χ0v) is 25.3. The summed E-state index contributed by atoms with van der Waals surface area (Å²) in [4.78, 5) is 69.5. The van der Waals surface area contributed by atoms with Gasteiger partial charge in [-0.05, 0) is 91.8 Å². The van der Waals surface area contributed by atoms with E-state index in [4.69, 9.17) is 36.0 Å². The maximum Gasteiger partial charge on any atom is 0.230 e. The van der Waals surface area contributed by atoms with E-state index >= 15 is 0 Å². The molecule has 2 amide bonds. The molecule has 0 radical (unpaired) electrons. The van der Waals surface area contributed by atoms with Crippen LogP contribution in [0.1, 0.15) is 74.5 Å². The Kier molecular flexibility index (Phi) is 29.0. The van der Waals surface area contributed by atoms with Gasteiger partial charge in [0.1, 0.15) is 12.2 Å². The second-order valence-electron chi connectivity index (χ2n) is 8.01. The molecule has 0 aromatic rings. The van der Waals surface area contributed by atoms with Gasteiger partial charge in [0.2, 0.25) is 32.8 Å². The number of Topliss-reactive ketones (excluding diaryl/α,β-unsaturated/α-hetero) is 1. The zero-order valence-electron chi connectivity index (χ0n) is 23.3. The van der Waals surface area contributed by atoms with Crippen molar-refractivity contribution < 1.29 is 34.9 Å². The van der Waals surface area contributed by atoms with Crippen molar-refractivity contribution in [3.63, 3.8) is 0 Å². The first-order valence-electron chi connectivity index (χ1n) is 12.0. The molecule has 38 heavy (non-hydrogen) atoms. The molecule has 2 rings (SSSR count). The third-order valence-electron chi connectivity index (χ3n) is 4.23. The lowest BCUT2D eigenvalue weighted by molar-refractivity contribution is -0.130. The fourth-order valence-electron chi connectivity index (χ4n) is 2.03. The molecule has 2 fully saturated rings. The molecule has 11 nitrogen and oxygen atoms in total. The van der Waals surface area contributed by atoms with Gasteiger partial charge in [-0.3, -0.25) is 28.8 Å². The Labute approximate surface area is 245 Å². The molecule has 4 unspecified atom stereocenters. The lowest BCUT2D eigenvalue weighted by atomic mass is 9.81. The Morgan fingerprint density at radius 2 is 1.13 bits per heavy atom. The van der Waals surface area contributed by atoms with E-state index in [1.165, 1.54) is 34.2 Å². The van der Waals surface area contributed by atoms with E-state index in [1.54, 1.807) is 0 Å². The SMILES string of the molecule is CC(=O)Cl.CC(=O)Cl.CNC(=O)CC(=O)NC1CCC1C.NC1CCC1N.O=C(Cl)CC(=O)Cl.[2H]CC(C)=O. The van der Waals surface area contributed by atoms with Gasteiger partial charge in [-0.1, -0.05) is 6.92 Å². The Morgan fingerprint density at radius 3 is 1.26 bits per heavy atom. The normalized spacial score (nSPS) is 19.9. The topological polar surface area (TPSA) is 196 Å². The van der Waals surface area contributed by atoms with Crippen LogP contribution in [0, 0.1) is 5.92 Å². The molecule has 2 aliphatic rings. The van der Waals surface area contributed by atoms with Crippen LogP contribution < -0.4 is 22.1 Å². The molecule has 15 heteroatoms. The summed E-state index contributed by atoms with van der Waals surface area (Å²) in [7, 11) is 1.53. The maximum atomic E-state index is 11.2. The summed E-state index contributed by atoms with van der Waals surface area (Å²) in [6.45, 7) is 6.00. The monoisotopic (exact) mass is 625 g/mol. The van der Waals surface area contributed by atoms with Crippen LogP contribution in [0.15, 0.2) is 0 Å². The summed E-state index contributed by atoms with van der Waals surface area (Å²) in [5.41, 5.74) is 10.8. The number of hydrogen-bond donors (Lipinski definition) is 4. The van der Waals surface area contributed by atoms with Crippen molar-refractivity contribution >= 4 is 85.0 Å². The van der Waals surface area contributed by atoms with Crippen molar-refractivity contribution in [3.05, 3.63) is 0 Å². The number of carbonyl (C=O) groups excluding carboxylic acids is 7. The van der Waals surface area contributed by atoms with Crippen LogP contribution in [0.2, 0.25) is 0 Å². The number of hydrogen-bond acceptors (Lipinski definition) is 9. The lowest BCUT2D eigenvalue weighted by Gasteiger charge is -2.34. The first-order valence-corrected chi connectivity index (χ1v) is 12.8. The van der Waals surface area contributed by atoms with E-state index in [1.807, 2.05) is 0 Å². The molecule has 0 spiro atoms. The van der Waals surface area contributed by atoms with Gasteiger partial charge in [-0.15, -0.1) is 0 Å². The van der Waals surface area contributed by atoms with E-state index in [2.05, 4.69) is 40.8 Å². The fourth-order valence-corrected chi connectivity index (χ4v) is 2.35. The molecule has 0 aliphatic heterocycles. The number of rotatable bonds is 5. The minimum atomic E-state index is -0.722. The zero-order chi connectivity index (χ0) is 31.7. The molecular weight excluding hydrogens is 586 g/mol. The highest BCUT2D eigenvalue weighted by Crippen LogP contribution is 2.26. The Morgan fingerprint density at radius 1 is 0.763 bits per heavy atom. The van der Waals surface area contributed by atoms with Crippen LogP contribution in [0.4, 0.5) is 0 Å². The highest BCUT2D eigenvalue weighted by Gasteiger charge is 2.28. The standard InChI is InChI=1S/C9H16N2O2.C4H10N2.C3H2Cl2O2.C3H6O.2C2H3ClO/c1-6-3-4-7(6)11-9(13)5-8(12)10-2;5-3-1-2-4(3)6;4-2(6)1-3(5)7;1-3(2)4;2*1-2(3)4/h6-7H,3-5H2,1-2H3,(H,10,12)(H,11,13);3-4H,1-2,5-6H2;1H2;1-2H3;2*1H3/i;;;1D;;. The summed E-state index contributed by atoms with van der Waals surface area (Å²) >= 11 is 18.7. The van der Waals surface area contributed by atoms with Gasteiger partial charge < -0.3 is 26.9 Å². The molecule has 0 heterocycles. The van der Waals surface area contributed by atoms with Gasteiger partial charge in [-0.2, -0.15) is 0 Å². The van der Waals surface area contributed by atoms with E-state index < -0.39 is 10.5 Å². The molecule has 2 aliphatic carbocycles. The summed E-state index contributed by atoms with van der Waals surface area (Å²) in [6.07, 6.45) is 4.02. The van der Waals surface area contributed by atoms with Crippen molar-refractivity contribution in [3.8, 4) is 0 Å². The third kappa shape index (κ3) is 41.5. The number of halogens is 4. The van der Waals surface area contributed by atoms with Crippen molar-refractivity contribution in [1.82, 2.24) is 10.6 Å². The molecule has 0 aromatic carbocycles. The van der Waals surface area contributed by atoms with Gasteiger partial charge in [-0.25, -0.2) is 0 Å².